The van der Waals surface area contributed by atoms with E-state index in [0.29, 0.717) is 28.3 Å². The lowest BCUT2D eigenvalue weighted by Gasteiger charge is -2.34. The van der Waals surface area contributed by atoms with E-state index in [1.54, 1.807) is 24.3 Å². The molecule has 2 aliphatic heterocycles. The summed E-state index contributed by atoms with van der Waals surface area (Å²) >= 11 is 0. The monoisotopic (exact) mass is 702 g/mol. The van der Waals surface area contributed by atoms with E-state index in [9.17, 15) is 41.4 Å². The number of carbonyl (C=O) groups is 3. The van der Waals surface area contributed by atoms with Crippen LogP contribution in [0.5, 0.6) is 11.5 Å². The number of sulfonamides is 2. The molecule has 15 heteroatoms. The van der Waals surface area contributed by atoms with Gasteiger partial charge in [0.25, 0.3) is 26.0 Å². The zero-order valence-corrected chi connectivity index (χ0v) is 27.4. The first-order valence-corrected chi connectivity index (χ1v) is 18.4. The molecule has 7 rings (SSSR count). The SMILES string of the molecule is O=C(NC1CCCC1)C(c1ccc(O)c(O)c1)N(C(=O)CN1C(=O)c2ccccc2S1(=O)=O)c1ccc2c(c1)NS(=O)(=O)c1ccccc1-2. The van der Waals surface area contributed by atoms with Gasteiger partial charge < -0.3 is 15.5 Å². The molecular formula is C34H30N4O9S2. The number of phenols is 2. The zero-order chi connectivity index (χ0) is 34.7. The van der Waals surface area contributed by atoms with Gasteiger partial charge in [-0.25, -0.2) is 21.1 Å². The van der Waals surface area contributed by atoms with Crippen molar-refractivity contribution in [2.45, 2.75) is 47.6 Å². The summed E-state index contributed by atoms with van der Waals surface area (Å²) < 4.78 is 56.3. The standard InChI is InChI=1S/C34H30N4O9S2/c39-27-16-13-20(17-28(27)40)32(33(42)35-21-7-1-2-8-21)38(31(41)19-37-34(43)25-10-4-6-12-30(25)49(37,46)47)22-14-15-23-24-9-3-5-11-29(24)48(44,45)36-26(23)18-22/h3-6,9-18,21,32,36,39-40H,1-2,7-8,19H2,(H,35,42). The molecule has 2 heterocycles. The maximum absolute atomic E-state index is 14.5. The molecule has 4 aromatic carbocycles. The highest BCUT2D eigenvalue weighted by atomic mass is 32.2. The van der Waals surface area contributed by atoms with Crippen LogP contribution in [0.15, 0.2) is 94.7 Å². The van der Waals surface area contributed by atoms with Gasteiger partial charge in [-0.2, -0.15) is 0 Å². The molecule has 1 aliphatic carbocycles. The summed E-state index contributed by atoms with van der Waals surface area (Å²) in [5, 5.41) is 23.5. The van der Waals surface area contributed by atoms with Crippen LogP contribution in [0.25, 0.3) is 11.1 Å². The van der Waals surface area contributed by atoms with Gasteiger partial charge in [-0.05, 0) is 60.9 Å². The summed E-state index contributed by atoms with van der Waals surface area (Å²) in [6.45, 7) is -1.00. The Bertz CT molecular complexity index is 2270. The highest BCUT2D eigenvalue weighted by Crippen LogP contribution is 2.43. The van der Waals surface area contributed by atoms with Crippen LogP contribution in [0.1, 0.15) is 47.6 Å². The molecule has 1 unspecified atom stereocenters. The second-order valence-electron chi connectivity index (χ2n) is 12.0. The Morgan fingerprint density at radius 3 is 2.20 bits per heavy atom. The number of hydrogen-bond acceptors (Lipinski definition) is 9. The number of hydrogen-bond donors (Lipinski definition) is 4. The number of amides is 3. The fourth-order valence-electron chi connectivity index (χ4n) is 6.63. The third kappa shape index (κ3) is 5.54. The molecule has 4 aromatic rings. The van der Waals surface area contributed by atoms with E-state index in [0.717, 1.165) is 29.9 Å². The summed E-state index contributed by atoms with van der Waals surface area (Å²) in [6.07, 6.45) is 3.12. The molecule has 0 radical (unpaired) electrons. The van der Waals surface area contributed by atoms with Gasteiger partial charge in [0.15, 0.2) is 11.5 Å². The van der Waals surface area contributed by atoms with Gasteiger partial charge in [0.05, 0.1) is 16.1 Å². The Hall–Kier alpha value is -5.41. The summed E-state index contributed by atoms with van der Waals surface area (Å²) in [5.41, 5.74) is 0.931. The summed E-state index contributed by atoms with van der Waals surface area (Å²) in [4.78, 5) is 42.8. The van der Waals surface area contributed by atoms with Gasteiger partial charge in [0, 0.05) is 22.9 Å². The van der Waals surface area contributed by atoms with Gasteiger partial charge >= 0.3 is 0 Å². The molecule has 13 nitrogen and oxygen atoms in total. The van der Waals surface area contributed by atoms with E-state index < -0.39 is 61.9 Å². The first-order valence-electron chi connectivity index (χ1n) is 15.4. The Labute approximate surface area is 281 Å². The average Bonchev–Trinajstić information content (AvgIpc) is 3.65. The number of rotatable bonds is 7. The molecule has 3 aliphatic rings. The van der Waals surface area contributed by atoms with E-state index in [-0.39, 0.29) is 38.3 Å². The van der Waals surface area contributed by atoms with E-state index in [4.69, 9.17) is 0 Å². The summed E-state index contributed by atoms with van der Waals surface area (Å²) in [7, 11) is -8.47. The summed E-state index contributed by atoms with van der Waals surface area (Å²) in [6, 6.07) is 18.1. The minimum atomic E-state index is -4.44. The van der Waals surface area contributed by atoms with Crippen LogP contribution in [-0.4, -0.2) is 61.7 Å². The molecule has 0 saturated heterocycles. The Balaban J connectivity index is 1.38. The largest absolute Gasteiger partial charge is 0.504 e. The molecule has 1 saturated carbocycles. The quantitative estimate of drug-likeness (QED) is 0.207. The lowest BCUT2D eigenvalue weighted by molar-refractivity contribution is -0.127. The lowest BCUT2D eigenvalue weighted by Crippen LogP contribution is -2.50. The van der Waals surface area contributed by atoms with E-state index in [1.807, 2.05) is 0 Å². The molecular weight excluding hydrogens is 673 g/mol. The molecule has 0 spiro atoms. The third-order valence-corrected chi connectivity index (χ3v) is 12.2. The van der Waals surface area contributed by atoms with Crippen molar-refractivity contribution < 1.29 is 41.4 Å². The number of carbonyl (C=O) groups excluding carboxylic acids is 3. The van der Waals surface area contributed by atoms with Crippen LogP contribution in [0.4, 0.5) is 11.4 Å². The van der Waals surface area contributed by atoms with E-state index in [2.05, 4.69) is 10.0 Å². The molecule has 252 valence electrons. The maximum atomic E-state index is 14.5. The van der Waals surface area contributed by atoms with Gasteiger partial charge in [-0.15, -0.1) is 0 Å². The number of anilines is 2. The van der Waals surface area contributed by atoms with Crippen molar-refractivity contribution in [3.8, 4) is 22.6 Å². The van der Waals surface area contributed by atoms with Crippen molar-refractivity contribution in [1.82, 2.24) is 9.62 Å². The van der Waals surface area contributed by atoms with Crippen molar-refractivity contribution in [2.75, 3.05) is 16.2 Å². The number of phenolic OH excluding ortho intramolecular Hbond substituents is 2. The van der Waals surface area contributed by atoms with Gasteiger partial charge in [-0.3, -0.25) is 24.0 Å². The summed E-state index contributed by atoms with van der Waals surface area (Å²) in [5.74, 6) is -3.65. The number of fused-ring (bicyclic) bond motifs is 4. The predicted molar refractivity (Wildman–Crippen MR) is 178 cm³/mol. The van der Waals surface area contributed by atoms with Crippen molar-refractivity contribution >= 4 is 49.1 Å². The molecule has 1 atom stereocenters. The van der Waals surface area contributed by atoms with Crippen LogP contribution in [0.3, 0.4) is 0 Å². The first-order chi connectivity index (χ1) is 23.4. The van der Waals surface area contributed by atoms with Crippen molar-refractivity contribution in [3.05, 3.63) is 96.1 Å². The number of nitrogens with one attached hydrogen (secondary N) is 2. The van der Waals surface area contributed by atoms with Crippen LogP contribution in [0.2, 0.25) is 0 Å². The predicted octanol–water partition coefficient (Wildman–Crippen LogP) is 3.86. The normalized spacial score (nSPS) is 17.7. The zero-order valence-electron chi connectivity index (χ0n) is 25.7. The fourth-order valence-corrected chi connectivity index (χ4v) is 9.44. The number of nitrogens with zero attached hydrogens (tertiary/aromatic N) is 2. The second kappa shape index (κ2) is 11.9. The van der Waals surface area contributed by atoms with Crippen molar-refractivity contribution in [2.24, 2.45) is 0 Å². The molecule has 1 fully saturated rings. The fraction of sp³-hybridized carbons (Fsp3) is 0.206. The van der Waals surface area contributed by atoms with Crippen LogP contribution >= 0.6 is 0 Å². The molecule has 0 aromatic heterocycles. The third-order valence-electron chi connectivity index (χ3n) is 8.98. The molecule has 4 N–H and O–H groups in total. The lowest BCUT2D eigenvalue weighted by atomic mass is 9.99. The van der Waals surface area contributed by atoms with Gasteiger partial charge in [0.1, 0.15) is 17.5 Å². The van der Waals surface area contributed by atoms with Crippen LogP contribution in [-0.2, 0) is 29.6 Å². The van der Waals surface area contributed by atoms with Gasteiger partial charge in [0.2, 0.25) is 11.8 Å². The van der Waals surface area contributed by atoms with E-state index in [1.165, 1.54) is 48.5 Å². The molecule has 3 amide bonds. The highest BCUT2D eigenvalue weighted by molar-refractivity contribution is 7.93. The second-order valence-corrected chi connectivity index (χ2v) is 15.5. The molecule has 49 heavy (non-hydrogen) atoms. The Kier molecular flexibility index (Phi) is 7.83. The Morgan fingerprint density at radius 1 is 0.837 bits per heavy atom. The van der Waals surface area contributed by atoms with Crippen LogP contribution < -0.4 is 14.9 Å². The topological polar surface area (TPSA) is 190 Å². The highest BCUT2D eigenvalue weighted by Gasteiger charge is 2.44. The maximum Gasteiger partial charge on any atom is 0.269 e. The van der Waals surface area contributed by atoms with Crippen LogP contribution in [0, 0.1) is 0 Å². The number of aromatic hydroxyl groups is 2. The minimum Gasteiger partial charge on any atom is -0.504 e. The van der Waals surface area contributed by atoms with Gasteiger partial charge in [-0.1, -0.05) is 55.3 Å². The smallest absolute Gasteiger partial charge is 0.269 e. The molecule has 0 bridgehead atoms. The van der Waals surface area contributed by atoms with E-state index >= 15 is 0 Å². The van der Waals surface area contributed by atoms with Crippen molar-refractivity contribution in [3.63, 3.8) is 0 Å². The van der Waals surface area contributed by atoms with Crippen molar-refractivity contribution in [1.29, 1.82) is 0 Å². The minimum absolute atomic E-state index is 0.00785. The first kappa shape index (κ1) is 32.2. The number of benzene rings is 4. The Morgan fingerprint density at radius 2 is 1.51 bits per heavy atom. The average molecular weight is 703 g/mol.